The molecule has 2 N–H and O–H groups in total. The average Bonchev–Trinajstić information content (AvgIpc) is 3.49. The summed E-state index contributed by atoms with van der Waals surface area (Å²) in [4.78, 5) is 52.0. The number of furan rings is 1. The van der Waals surface area contributed by atoms with Crippen LogP contribution >= 0.6 is 11.6 Å². The van der Waals surface area contributed by atoms with E-state index in [-0.39, 0.29) is 41.0 Å². The molecule has 3 aromatic rings. The second kappa shape index (κ2) is 10.9. The number of ether oxygens (including phenoxy) is 1. The zero-order valence-corrected chi connectivity index (χ0v) is 20.0. The molecular formula is C26H22ClN3O6. The first kappa shape index (κ1) is 24.7. The van der Waals surface area contributed by atoms with Crippen LogP contribution in [0, 0.1) is 0 Å². The fraction of sp³-hybridized carbons (Fsp3) is 0.154. The molecule has 0 saturated carbocycles. The smallest absolute Gasteiger partial charge is 0.340 e. The first-order valence-corrected chi connectivity index (χ1v) is 11.5. The second-order valence-corrected chi connectivity index (χ2v) is 8.13. The Kier molecular flexibility index (Phi) is 7.50. The molecule has 0 unspecified atom stereocenters. The monoisotopic (exact) mass is 507 g/mol. The van der Waals surface area contributed by atoms with Gasteiger partial charge >= 0.3 is 5.97 Å². The van der Waals surface area contributed by atoms with E-state index in [1.54, 1.807) is 42.5 Å². The highest BCUT2D eigenvalue weighted by Crippen LogP contribution is 2.32. The molecule has 10 heteroatoms. The van der Waals surface area contributed by atoms with Crippen molar-refractivity contribution in [1.29, 1.82) is 0 Å². The number of nitrogens with zero attached hydrogens (tertiary/aromatic N) is 1. The molecule has 1 aliphatic heterocycles. The number of carbonyl (C=O) groups excluding carboxylic acids is 4. The minimum absolute atomic E-state index is 0.0635. The molecule has 1 aromatic heterocycles. The standard InChI is InChI=1S/C26H22ClN3O6/c1-2-12-36-26(34)19-10-3-4-11-20(19)30-24(32)21(27)22(25(30)33)29-17-8-5-7-16(14-17)23(31)28-15-18-9-6-13-35-18/h3-11,13-14,29H,2,12,15H2,1H3,(H,28,31). The maximum absolute atomic E-state index is 13.2. The Morgan fingerprint density at radius 3 is 2.58 bits per heavy atom. The molecule has 36 heavy (non-hydrogen) atoms. The highest BCUT2D eigenvalue weighted by atomic mass is 35.5. The predicted molar refractivity (Wildman–Crippen MR) is 132 cm³/mol. The summed E-state index contributed by atoms with van der Waals surface area (Å²) in [6, 6.07) is 16.0. The Hall–Kier alpha value is -4.37. The number of nitrogens with one attached hydrogen (secondary N) is 2. The van der Waals surface area contributed by atoms with Crippen molar-refractivity contribution < 1.29 is 28.3 Å². The van der Waals surface area contributed by atoms with Gasteiger partial charge in [-0.3, -0.25) is 14.4 Å². The molecule has 184 valence electrons. The number of amides is 3. The van der Waals surface area contributed by atoms with E-state index in [0.717, 1.165) is 4.90 Å². The lowest BCUT2D eigenvalue weighted by Gasteiger charge is -2.18. The lowest BCUT2D eigenvalue weighted by atomic mass is 10.1. The molecule has 0 radical (unpaired) electrons. The zero-order chi connectivity index (χ0) is 25.7. The third-order valence-corrected chi connectivity index (χ3v) is 5.58. The lowest BCUT2D eigenvalue weighted by Crippen LogP contribution is -2.33. The van der Waals surface area contributed by atoms with Gasteiger partial charge in [-0.05, 0) is 48.9 Å². The van der Waals surface area contributed by atoms with E-state index >= 15 is 0 Å². The van der Waals surface area contributed by atoms with Crippen LogP contribution in [0.3, 0.4) is 0 Å². The van der Waals surface area contributed by atoms with Gasteiger partial charge < -0.3 is 19.8 Å². The minimum Gasteiger partial charge on any atom is -0.467 e. The molecule has 0 spiro atoms. The van der Waals surface area contributed by atoms with Crippen molar-refractivity contribution in [3.63, 3.8) is 0 Å². The highest BCUT2D eigenvalue weighted by molar-refractivity contribution is 6.53. The van der Waals surface area contributed by atoms with Crippen molar-refractivity contribution in [1.82, 2.24) is 5.32 Å². The fourth-order valence-electron chi connectivity index (χ4n) is 3.51. The van der Waals surface area contributed by atoms with Crippen molar-refractivity contribution in [2.24, 2.45) is 0 Å². The van der Waals surface area contributed by atoms with E-state index in [2.05, 4.69) is 10.6 Å². The van der Waals surface area contributed by atoms with Crippen LogP contribution in [0.5, 0.6) is 0 Å². The molecule has 1 aliphatic rings. The van der Waals surface area contributed by atoms with Crippen LogP contribution in [-0.4, -0.2) is 30.3 Å². The van der Waals surface area contributed by atoms with E-state index in [0.29, 0.717) is 23.4 Å². The summed E-state index contributed by atoms with van der Waals surface area (Å²) < 4.78 is 10.4. The normalized spacial score (nSPS) is 13.2. The zero-order valence-electron chi connectivity index (χ0n) is 19.2. The quantitative estimate of drug-likeness (QED) is 0.329. The number of benzene rings is 2. The largest absolute Gasteiger partial charge is 0.467 e. The number of imide groups is 1. The van der Waals surface area contributed by atoms with E-state index in [1.165, 1.54) is 24.5 Å². The third kappa shape index (κ3) is 5.16. The molecule has 0 aliphatic carbocycles. The van der Waals surface area contributed by atoms with Crippen LogP contribution in [0.25, 0.3) is 0 Å². The Balaban J connectivity index is 1.53. The number of hydrogen-bond donors (Lipinski definition) is 2. The maximum Gasteiger partial charge on any atom is 0.340 e. The molecule has 0 fully saturated rings. The number of carbonyl (C=O) groups is 4. The Morgan fingerprint density at radius 2 is 1.83 bits per heavy atom. The van der Waals surface area contributed by atoms with Crippen LogP contribution in [0.2, 0.25) is 0 Å². The van der Waals surface area contributed by atoms with Crippen molar-refractivity contribution in [2.45, 2.75) is 19.9 Å². The Labute approximate surface area is 211 Å². The van der Waals surface area contributed by atoms with Gasteiger partial charge in [0.15, 0.2) is 0 Å². The first-order chi connectivity index (χ1) is 17.4. The maximum atomic E-state index is 13.2. The number of esters is 1. The van der Waals surface area contributed by atoms with Gasteiger partial charge in [-0.25, -0.2) is 9.69 Å². The van der Waals surface area contributed by atoms with Crippen LogP contribution in [0.1, 0.15) is 39.8 Å². The Morgan fingerprint density at radius 1 is 1.03 bits per heavy atom. The van der Waals surface area contributed by atoms with Gasteiger partial charge in [0.2, 0.25) is 0 Å². The molecule has 9 nitrogen and oxygen atoms in total. The van der Waals surface area contributed by atoms with Crippen LogP contribution < -0.4 is 15.5 Å². The summed E-state index contributed by atoms with van der Waals surface area (Å²) in [6.07, 6.45) is 2.14. The van der Waals surface area contributed by atoms with Crippen molar-refractivity contribution >= 4 is 46.7 Å². The summed E-state index contributed by atoms with van der Waals surface area (Å²) in [5.41, 5.74) is 0.642. The molecule has 2 heterocycles. The fourth-order valence-corrected chi connectivity index (χ4v) is 3.72. The number of rotatable bonds is 9. The molecule has 3 amide bonds. The highest BCUT2D eigenvalue weighted by Gasteiger charge is 2.40. The van der Waals surface area contributed by atoms with Crippen LogP contribution in [-0.2, 0) is 20.9 Å². The second-order valence-electron chi connectivity index (χ2n) is 7.76. The van der Waals surface area contributed by atoms with Crippen LogP contribution in [0.15, 0.2) is 82.1 Å². The predicted octanol–water partition coefficient (Wildman–Crippen LogP) is 4.21. The molecular weight excluding hydrogens is 486 g/mol. The summed E-state index contributed by atoms with van der Waals surface area (Å²) in [7, 11) is 0. The van der Waals surface area contributed by atoms with E-state index in [1.807, 2.05) is 6.92 Å². The Bertz CT molecular complexity index is 1350. The van der Waals surface area contributed by atoms with Crippen molar-refractivity contribution in [3.8, 4) is 0 Å². The molecule has 2 aromatic carbocycles. The average molecular weight is 508 g/mol. The van der Waals surface area contributed by atoms with Crippen molar-refractivity contribution in [3.05, 3.63) is 94.5 Å². The topological polar surface area (TPSA) is 118 Å². The number of halogens is 1. The van der Waals surface area contributed by atoms with Gasteiger partial charge in [0.05, 0.1) is 30.7 Å². The SMILES string of the molecule is CCCOC(=O)c1ccccc1N1C(=O)C(Cl)=C(Nc2cccc(C(=O)NCc3ccco3)c2)C1=O. The van der Waals surface area contributed by atoms with E-state index in [4.69, 9.17) is 20.8 Å². The summed E-state index contributed by atoms with van der Waals surface area (Å²) in [5.74, 6) is -1.94. The van der Waals surface area contributed by atoms with Gasteiger partial charge in [0.25, 0.3) is 17.7 Å². The summed E-state index contributed by atoms with van der Waals surface area (Å²) >= 11 is 6.24. The summed E-state index contributed by atoms with van der Waals surface area (Å²) in [6.45, 7) is 2.26. The van der Waals surface area contributed by atoms with Gasteiger partial charge in [0, 0.05) is 11.3 Å². The number of anilines is 2. The van der Waals surface area contributed by atoms with Gasteiger partial charge in [0.1, 0.15) is 16.5 Å². The first-order valence-electron chi connectivity index (χ1n) is 11.1. The van der Waals surface area contributed by atoms with Crippen molar-refractivity contribution in [2.75, 3.05) is 16.8 Å². The van der Waals surface area contributed by atoms with Gasteiger partial charge in [-0.1, -0.05) is 36.7 Å². The number of para-hydroxylation sites is 1. The van der Waals surface area contributed by atoms with E-state index < -0.39 is 17.8 Å². The third-order valence-electron chi connectivity index (χ3n) is 5.23. The minimum atomic E-state index is -0.785. The molecule has 0 saturated heterocycles. The van der Waals surface area contributed by atoms with E-state index in [9.17, 15) is 19.2 Å². The van der Waals surface area contributed by atoms with Gasteiger partial charge in [-0.2, -0.15) is 0 Å². The molecule has 4 rings (SSSR count). The molecule has 0 atom stereocenters. The van der Waals surface area contributed by atoms with Crippen LogP contribution in [0.4, 0.5) is 11.4 Å². The molecule has 0 bridgehead atoms. The number of hydrogen-bond acceptors (Lipinski definition) is 7. The summed E-state index contributed by atoms with van der Waals surface area (Å²) in [5, 5.41) is 5.23. The van der Waals surface area contributed by atoms with Gasteiger partial charge in [-0.15, -0.1) is 0 Å². The lowest BCUT2D eigenvalue weighted by molar-refractivity contribution is -0.120.